The van der Waals surface area contributed by atoms with Crippen LogP contribution < -0.4 is 4.74 Å². The minimum atomic E-state index is -0.337. The number of hydrogen-bond donors (Lipinski definition) is 0. The molecule has 24 heavy (non-hydrogen) atoms. The lowest BCUT2D eigenvalue weighted by Gasteiger charge is -2.13. The predicted molar refractivity (Wildman–Crippen MR) is 97.6 cm³/mol. The zero-order valence-corrected chi connectivity index (χ0v) is 13.3. The normalized spacial score (nSPS) is 10.9. The lowest BCUT2D eigenvalue weighted by atomic mass is 9.99. The summed E-state index contributed by atoms with van der Waals surface area (Å²) in [5, 5.41) is 4.07. The Kier molecular flexibility index (Phi) is 3.51. The maximum Gasteiger partial charge on any atom is 0.343 e. The number of carbonyl (C=O) groups is 1. The average Bonchev–Trinajstić information content (AvgIpc) is 2.62. The highest BCUT2D eigenvalue weighted by Crippen LogP contribution is 2.37. The first-order chi connectivity index (χ1) is 11.7. The smallest absolute Gasteiger partial charge is 0.343 e. The number of carbonyl (C=O) groups excluding carboxylic acids is 1. The van der Waals surface area contributed by atoms with Gasteiger partial charge in [-0.15, -0.1) is 0 Å². The van der Waals surface area contributed by atoms with E-state index in [4.69, 9.17) is 4.74 Å². The molecule has 116 valence electrons. The summed E-state index contributed by atoms with van der Waals surface area (Å²) in [6.45, 7) is 2.04. The maximum atomic E-state index is 12.6. The molecule has 4 aromatic carbocycles. The molecular weight excluding hydrogens is 296 g/mol. The highest BCUT2D eigenvalue weighted by Gasteiger charge is 2.15. The van der Waals surface area contributed by atoms with Gasteiger partial charge < -0.3 is 4.74 Å². The van der Waals surface area contributed by atoms with Crippen LogP contribution in [0.2, 0.25) is 0 Å². The molecule has 0 aliphatic heterocycles. The van der Waals surface area contributed by atoms with E-state index in [0.29, 0.717) is 11.3 Å². The van der Waals surface area contributed by atoms with Crippen molar-refractivity contribution in [3.05, 3.63) is 90.0 Å². The molecule has 0 saturated carbocycles. The topological polar surface area (TPSA) is 26.3 Å². The Labute approximate surface area is 140 Å². The van der Waals surface area contributed by atoms with E-state index in [2.05, 4.69) is 12.1 Å². The molecule has 0 atom stereocenters. The SMILES string of the molecule is Cc1cccc2cc3ccccc3c(OC(=O)c3ccccc3)c12. The third kappa shape index (κ3) is 2.42. The quantitative estimate of drug-likeness (QED) is 0.277. The van der Waals surface area contributed by atoms with Crippen LogP contribution in [-0.2, 0) is 0 Å². The van der Waals surface area contributed by atoms with Crippen LogP contribution in [-0.4, -0.2) is 5.97 Å². The van der Waals surface area contributed by atoms with Gasteiger partial charge in [-0.1, -0.05) is 60.7 Å². The van der Waals surface area contributed by atoms with E-state index in [1.165, 1.54) is 0 Å². The second-order valence-corrected chi connectivity index (χ2v) is 5.86. The highest BCUT2D eigenvalue weighted by atomic mass is 16.5. The van der Waals surface area contributed by atoms with E-state index in [1.54, 1.807) is 12.1 Å². The van der Waals surface area contributed by atoms with Gasteiger partial charge in [0.1, 0.15) is 5.75 Å². The van der Waals surface area contributed by atoms with Crippen molar-refractivity contribution in [2.75, 3.05) is 0 Å². The minimum absolute atomic E-state index is 0.337. The third-order valence-electron chi connectivity index (χ3n) is 4.25. The molecule has 0 fully saturated rings. The zero-order valence-electron chi connectivity index (χ0n) is 13.3. The lowest BCUT2D eigenvalue weighted by Crippen LogP contribution is -2.09. The van der Waals surface area contributed by atoms with Crippen molar-refractivity contribution in [1.29, 1.82) is 0 Å². The number of ether oxygens (including phenoxy) is 1. The predicted octanol–water partition coefficient (Wildman–Crippen LogP) is 5.52. The molecule has 0 saturated heterocycles. The molecule has 0 spiro atoms. The first-order valence-electron chi connectivity index (χ1n) is 7.92. The summed E-state index contributed by atoms with van der Waals surface area (Å²) in [6, 6.07) is 25.3. The third-order valence-corrected chi connectivity index (χ3v) is 4.25. The van der Waals surface area contributed by atoms with E-state index in [9.17, 15) is 4.79 Å². The lowest BCUT2D eigenvalue weighted by molar-refractivity contribution is 0.0739. The molecule has 0 amide bonds. The molecule has 0 unspecified atom stereocenters. The first kappa shape index (κ1) is 14.5. The molecule has 0 radical (unpaired) electrons. The van der Waals surface area contributed by atoms with Gasteiger partial charge in [-0.2, -0.15) is 0 Å². The zero-order chi connectivity index (χ0) is 16.5. The molecule has 0 bridgehead atoms. The minimum Gasteiger partial charge on any atom is -0.422 e. The number of esters is 1. The number of aryl methyl sites for hydroxylation is 1. The molecule has 4 aromatic rings. The average molecular weight is 312 g/mol. The fourth-order valence-electron chi connectivity index (χ4n) is 3.08. The fraction of sp³-hybridized carbons (Fsp3) is 0.0455. The summed E-state index contributed by atoms with van der Waals surface area (Å²) in [4.78, 5) is 12.6. The fourth-order valence-corrected chi connectivity index (χ4v) is 3.08. The molecule has 0 aliphatic carbocycles. The van der Waals surface area contributed by atoms with Gasteiger partial charge in [0.2, 0.25) is 0 Å². The van der Waals surface area contributed by atoms with Gasteiger partial charge in [0.25, 0.3) is 0 Å². The van der Waals surface area contributed by atoms with Crippen molar-refractivity contribution < 1.29 is 9.53 Å². The Morgan fingerprint density at radius 2 is 1.50 bits per heavy atom. The van der Waals surface area contributed by atoms with Crippen LogP contribution in [0.4, 0.5) is 0 Å². The summed E-state index contributed by atoms with van der Waals surface area (Å²) in [6.07, 6.45) is 0. The Morgan fingerprint density at radius 1 is 0.792 bits per heavy atom. The summed E-state index contributed by atoms with van der Waals surface area (Å²) in [7, 11) is 0. The van der Waals surface area contributed by atoms with Crippen LogP contribution >= 0.6 is 0 Å². The second kappa shape index (κ2) is 5.82. The number of fused-ring (bicyclic) bond motifs is 2. The van der Waals surface area contributed by atoms with Crippen molar-refractivity contribution in [2.24, 2.45) is 0 Å². The van der Waals surface area contributed by atoms with Crippen molar-refractivity contribution in [1.82, 2.24) is 0 Å². The monoisotopic (exact) mass is 312 g/mol. The maximum absolute atomic E-state index is 12.6. The Hall–Kier alpha value is -3.13. The Morgan fingerprint density at radius 3 is 2.33 bits per heavy atom. The number of rotatable bonds is 2. The van der Waals surface area contributed by atoms with E-state index in [0.717, 1.165) is 27.1 Å². The molecule has 2 heteroatoms. The number of benzene rings is 4. The van der Waals surface area contributed by atoms with Gasteiger partial charge in [0.05, 0.1) is 5.56 Å². The van der Waals surface area contributed by atoms with Crippen LogP contribution in [0, 0.1) is 6.92 Å². The summed E-state index contributed by atoms with van der Waals surface area (Å²) in [5.41, 5.74) is 1.64. The van der Waals surface area contributed by atoms with Gasteiger partial charge in [-0.05, 0) is 41.5 Å². The van der Waals surface area contributed by atoms with Crippen LogP contribution in [0.1, 0.15) is 15.9 Å². The molecule has 0 N–H and O–H groups in total. The Balaban J connectivity index is 1.96. The molecule has 4 rings (SSSR count). The Bertz CT molecular complexity index is 1050. The molecular formula is C22H16O2. The first-order valence-corrected chi connectivity index (χ1v) is 7.92. The van der Waals surface area contributed by atoms with E-state index in [1.807, 2.05) is 61.5 Å². The molecule has 0 aliphatic rings. The van der Waals surface area contributed by atoms with Gasteiger partial charge in [-0.25, -0.2) is 4.79 Å². The number of hydrogen-bond acceptors (Lipinski definition) is 2. The van der Waals surface area contributed by atoms with Crippen LogP contribution in [0.5, 0.6) is 5.75 Å². The second-order valence-electron chi connectivity index (χ2n) is 5.86. The molecule has 0 aromatic heterocycles. The summed E-state index contributed by atoms with van der Waals surface area (Å²) >= 11 is 0. The van der Waals surface area contributed by atoms with Crippen LogP contribution in [0.3, 0.4) is 0 Å². The van der Waals surface area contributed by atoms with Gasteiger partial charge in [0, 0.05) is 10.8 Å². The van der Waals surface area contributed by atoms with Crippen molar-refractivity contribution in [2.45, 2.75) is 6.92 Å². The van der Waals surface area contributed by atoms with Crippen LogP contribution in [0.25, 0.3) is 21.5 Å². The summed E-state index contributed by atoms with van der Waals surface area (Å²) in [5.74, 6) is 0.298. The highest BCUT2D eigenvalue weighted by molar-refractivity contribution is 6.08. The summed E-state index contributed by atoms with van der Waals surface area (Å²) < 4.78 is 5.87. The van der Waals surface area contributed by atoms with Gasteiger partial charge >= 0.3 is 5.97 Å². The molecule has 2 nitrogen and oxygen atoms in total. The van der Waals surface area contributed by atoms with E-state index in [-0.39, 0.29) is 5.97 Å². The van der Waals surface area contributed by atoms with Crippen molar-refractivity contribution in [3.8, 4) is 5.75 Å². The molecule has 0 heterocycles. The standard InChI is InChI=1S/C22H16O2/c1-15-8-7-12-18-14-17-11-5-6-13-19(17)21(20(15)18)24-22(23)16-9-3-2-4-10-16/h2-14H,1H3. The van der Waals surface area contributed by atoms with Crippen molar-refractivity contribution >= 4 is 27.5 Å². The van der Waals surface area contributed by atoms with Gasteiger partial charge in [0.15, 0.2) is 0 Å². The van der Waals surface area contributed by atoms with Crippen molar-refractivity contribution in [3.63, 3.8) is 0 Å². The largest absolute Gasteiger partial charge is 0.422 e. The van der Waals surface area contributed by atoms with Gasteiger partial charge in [-0.3, -0.25) is 0 Å². The van der Waals surface area contributed by atoms with Crippen LogP contribution in [0.15, 0.2) is 78.9 Å². The van der Waals surface area contributed by atoms with E-state index >= 15 is 0 Å². The van der Waals surface area contributed by atoms with E-state index < -0.39 is 0 Å².